The summed E-state index contributed by atoms with van der Waals surface area (Å²) in [7, 11) is 1.88. The number of furan rings is 1. The molecule has 4 rings (SSSR count). The minimum Gasteiger partial charge on any atom is -0.472 e. The van der Waals surface area contributed by atoms with Gasteiger partial charge in [0.05, 0.1) is 0 Å². The summed E-state index contributed by atoms with van der Waals surface area (Å²) in [4.78, 5) is 9.00. The third-order valence-corrected chi connectivity index (χ3v) is 4.88. The number of aryl methyl sites for hydroxylation is 1. The summed E-state index contributed by atoms with van der Waals surface area (Å²) in [5, 5.41) is 5.77. The van der Waals surface area contributed by atoms with Gasteiger partial charge in [-0.05, 0) is 34.4 Å². The van der Waals surface area contributed by atoms with E-state index in [1.54, 1.807) is 4.68 Å². The molecule has 0 saturated carbocycles. The Labute approximate surface area is 155 Å². The zero-order valence-corrected chi connectivity index (χ0v) is 16.0. The second-order valence-corrected chi connectivity index (χ2v) is 6.96. The van der Waals surface area contributed by atoms with Crippen LogP contribution in [0.15, 0.2) is 39.9 Å². The summed E-state index contributed by atoms with van der Waals surface area (Å²) in [6, 6.07) is 10.00. The molecule has 0 atom stereocenters. The molecule has 0 N–H and O–H groups in total. The average molecular weight is 452 g/mol. The summed E-state index contributed by atoms with van der Waals surface area (Å²) in [5.74, 6) is 0.520. The van der Waals surface area contributed by atoms with Gasteiger partial charge in [0.15, 0.2) is 14.4 Å². The molecule has 0 amide bonds. The van der Waals surface area contributed by atoms with Crippen molar-refractivity contribution in [3.63, 3.8) is 0 Å². The van der Waals surface area contributed by atoms with Crippen LogP contribution in [0.4, 0.5) is 0 Å². The van der Waals surface area contributed by atoms with Gasteiger partial charge in [-0.25, -0.2) is 0 Å². The van der Waals surface area contributed by atoms with E-state index in [9.17, 15) is 0 Å². The van der Waals surface area contributed by atoms with Gasteiger partial charge >= 0.3 is 0 Å². The van der Waals surface area contributed by atoms with Crippen LogP contribution in [0, 0.1) is 3.70 Å². The van der Waals surface area contributed by atoms with Gasteiger partial charge in [0.2, 0.25) is 11.6 Å². The third-order valence-electron chi connectivity index (χ3n) is 3.62. The molecule has 1 aromatic carbocycles. The van der Waals surface area contributed by atoms with Crippen molar-refractivity contribution < 1.29 is 9.15 Å². The molecular formula is C16H13IN4O2S. The molecule has 3 aromatic heterocycles. The van der Waals surface area contributed by atoms with Gasteiger partial charge in [-0.3, -0.25) is 4.68 Å². The third kappa shape index (κ3) is 2.63. The van der Waals surface area contributed by atoms with E-state index < -0.39 is 0 Å². The summed E-state index contributed by atoms with van der Waals surface area (Å²) in [5.41, 5.74) is 3.17. The maximum atomic E-state index is 6.01. The monoisotopic (exact) mass is 452 g/mol. The summed E-state index contributed by atoms with van der Waals surface area (Å²) in [6.45, 7) is 0.433. The Bertz CT molecular complexity index is 1030. The summed E-state index contributed by atoms with van der Waals surface area (Å²) < 4.78 is 14.5. The van der Waals surface area contributed by atoms with Crippen molar-refractivity contribution in [1.82, 2.24) is 19.7 Å². The van der Waals surface area contributed by atoms with Gasteiger partial charge in [-0.1, -0.05) is 42.1 Å². The summed E-state index contributed by atoms with van der Waals surface area (Å²) in [6.07, 6.45) is 1.93. The van der Waals surface area contributed by atoms with Gasteiger partial charge in [0.1, 0.15) is 17.5 Å². The van der Waals surface area contributed by atoms with Gasteiger partial charge in [-0.2, -0.15) is 15.1 Å². The fourth-order valence-electron chi connectivity index (χ4n) is 2.53. The van der Waals surface area contributed by atoms with Crippen molar-refractivity contribution in [1.29, 1.82) is 0 Å². The van der Waals surface area contributed by atoms with Gasteiger partial charge in [0.25, 0.3) is 0 Å². The van der Waals surface area contributed by atoms with Crippen LogP contribution in [0.25, 0.3) is 22.2 Å². The molecule has 8 heteroatoms. The number of thioether (sulfide) groups is 1. The maximum absolute atomic E-state index is 6.01. The number of halogens is 1. The van der Waals surface area contributed by atoms with Crippen LogP contribution < -0.4 is 4.74 Å². The second-order valence-electron chi connectivity index (χ2n) is 5.16. The molecular weight excluding hydrogens is 439 g/mol. The number of nitrogens with zero attached hydrogens (tertiary/aromatic N) is 4. The molecule has 0 unspecified atom stereocenters. The Morgan fingerprint density at radius 1 is 1.25 bits per heavy atom. The molecule has 0 fully saturated rings. The zero-order chi connectivity index (χ0) is 16.7. The zero-order valence-electron chi connectivity index (χ0n) is 13.0. The SMILES string of the molecule is CSc1nc(OCc2ccccc2)c2c(n1)oc1c(I)nn(C)c12. The minimum atomic E-state index is 0.433. The molecule has 0 aliphatic heterocycles. The van der Waals surface area contributed by atoms with Crippen LogP contribution in [0.3, 0.4) is 0 Å². The standard InChI is InChI=1S/C16H13IN4O2S/c1-21-11-10-14(22-8-9-6-4-3-5-7-9)18-16(24-2)19-15(10)23-12(11)13(17)20-21/h3-7H,8H2,1-2H3. The van der Waals surface area contributed by atoms with Crippen LogP contribution in [-0.2, 0) is 13.7 Å². The molecule has 0 bridgehead atoms. The van der Waals surface area contributed by atoms with Crippen molar-refractivity contribution in [2.45, 2.75) is 11.8 Å². The van der Waals surface area contributed by atoms with E-state index in [1.165, 1.54) is 11.8 Å². The highest BCUT2D eigenvalue weighted by Gasteiger charge is 2.22. The van der Waals surface area contributed by atoms with Crippen LogP contribution in [0.1, 0.15) is 5.56 Å². The first-order chi connectivity index (χ1) is 11.7. The molecule has 0 spiro atoms. The van der Waals surface area contributed by atoms with Crippen LogP contribution in [-0.4, -0.2) is 26.0 Å². The molecule has 4 aromatic rings. The van der Waals surface area contributed by atoms with E-state index in [-0.39, 0.29) is 0 Å². The predicted octanol–water partition coefficient (Wildman–Crippen LogP) is 4.02. The molecule has 0 aliphatic carbocycles. The first-order valence-corrected chi connectivity index (χ1v) is 9.51. The predicted molar refractivity (Wildman–Crippen MR) is 101 cm³/mol. The number of benzene rings is 1. The van der Waals surface area contributed by atoms with Crippen molar-refractivity contribution in [3.8, 4) is 5.88 Å². The Morgan fingerprint density at radius 3 is 2.79 bits per heavy atom. The number of rotatable bonds is 4. The van der Waals surface area contributed by atoms with Gasteiger partial charge in [0, 0.05) is 7.05 Å². The van der Waals surface area contributed by atoms with E-state index in [0.717, 1.165) is 20.2 Å². The summed E-state index contributed by atoms with van der Waals surface area (Å²) >= 11 is 3.61. The van der Waals surface area contributed by atoms with Crippen molar-refractivity contribution in [2.24, 2.45) is 7.05 Å². The minimum absolute atomic E-state index is 0.433. The van der Waals surface area contributed by atoms with E-state index in [1.807, 2.05) is 43.6 Å². The van der Waals surface area contributed by atoms with Crippen LogP contribution in [0.5, 0.6) is 5.88 Å². The van der Waals surface area contributed by atoms with E-state index in [2.05, 4.69) is 37.7 Å². The quantitative estimate of drug-likeness (QED) is 0.265. The largest absolute Gasteiger partial charge is 0.472 e. The van der Waals surface area contributed by atoms with Crippen molar-refractivity contribution in [2.75, 3.05) is 6.26 Å². The average Bonchev–Trinajstić information content (AvgIpc) is 3.11. The number of ether oxygens (including phenoxy) is 1. The normalized spacial score (nSPS) is 11.5. The Morgan fingerprint density at radius 2 is 2.04 bits per heavy atom. The second kappa shape index (κ2) is 6.25. The molecule has 122 valence electrons. The lowest BCUT2D eigenvalue weighted by Gasteiger charge is -2.07. The topological polar surface area (TPSA) is 66.0 Å². The lowest BCUT2D eigenvalue weighted by Crippen LogP contribution is -2.00. The highest BCUT2D eigenvalue weighted by molar-refractivity contribution is 14.1. The van der Waals surface area contributed by atoms with Gasteiger partial charge in [-0.15, -0.1) is 0 Å². The highest BCUT2D eigenvalue weighted by Crippen LogP contribution is 2.36. The highest BCUT2D eigenvalue weighted by atomic mass is 127. The van der Waals surface area contributed by atoms with E-state index >= 15 is 0 Å². The first kappa shape index (κ1) is 15.7. The Balaban J connectivity index is 1.86. The van der Waals surface area contributed by atoms with Crippen molar-refractivity contribution in [3.05, 3.63) is 39.6 Å². The number of hydrogen-bond donors (Lipinski definition) is 0. The maximum Gasteiger partial charge on any atom is 0.237 e. The lowest BCUT2D eigenvalue weighted by molar-refractivity contribution is 0.295. The molecule has 0 saturated heterocycles. The number of hydrogen-bond acceptors (Lipinski definition) is 6. The molecule has 0 radical (unpaired) electrons. The van der Waals surface area contributed by atoms with Crippen LogP contribution >= 0.6 is 34.4 Å². The lowest BCUT2D eigenvalue weighted by atomic mass is 10.2. The Kier molecular flexibility index (Phi) is 4.09. The molecule has 24 heavy (non-hydrogen) atoms. The first-order valence-electron chi connectivity index (χ1n) is 7.21. The van der Waals surface area contributed by atoms with E-state index in [0.29, 0.717) is 28.9 Å². The van der Waals surface area contributed by atoms with Crippen LogP contribution in [0.2, 0.25) is 0 Å². The fourth-order valence-corrected chi connectivity index (χ4v) is 3.57. The Hall–Kier alpha value is -1.81. The van der Waals surface area contributed by atoms with E-state index in [4.69, 9.17) is 9.15 Å². The molecule has 3 heterocycles. The van der Waals surface area contributed by atoms with Crippen molar-refractivity contribution >= 4 is 56.6 Å². The molecule has 0 aliphatic rings. The van der Waals surface area contributed by atoms with Gasteiger partial charge < -0.3 is 9.15 Å². The fraction of sp³-hybridized carbons (Fsp3) is 0.188. The number of fused-ring (bicyclic) bond motifs is 3. The molecule has 6 nitrogen and oxygen atoms in total. The number of aromatic nitrogens is 4. The smallest absolute Gasteiger partial charge is 0.237 e.